The highest BCUT2D eigenvalue weighted by Crippen LogP contribution is 2.16. The van der Waals surface area contributed by atoms with Gasteiger partial charge in [-0.05, 0) is 27.6 Å². The van der Waals surface area contributed by atoms with Crippen molar-refractivity contribution in [3.8, 4) is 0 Å². The van der Waals surface area contributed by atoms with Crippen LogP contribution in [0.15, 0.2) is 9.27 Å². The lowest BCUT2D eigenvalue weighted by Gasteiger charge is -2.07. The second-order valence-corrected chi connectivity index (χ2v) is 6.24. The number of nitrogens with zero attached hydrogens (tertiary/aromatic N) is 1. The first-order valence-electron chi connectivity index (χ1n) is 5.43. The van der Waals surface area contributed by atoms with Crippen LogP contribution in [0.3, 0.4) is 0 Å². The van der Waals surface area contributed by atoms with E-state index >= 15 is 0 Å². The number of aromatic nitrogens is 2. The molecular formula is C11H17BrN2OS. The summed E-state index contributed by atoms with van der Waals surface area (Å²) >= 11 is 5.06. The summed E-state index contributed by atoms with van der Waals surface area (Å²) in [6.45, 7) is 6.35. The molecule has 16 heavy (non-hydrogen) atoms. The molecule has 0 aromatic carbocycles. The summed E-state index contributed by atoms with van der Waals surface area (Å²) in [7, 11) is 0. The lowest BCUT2D eigenvalue weighted by Crippen LogP contribution is -2.15. The minimum Gasteiger partial charge on any atom is -0.309 e. The predicted molar refractivity (Wildman–Crippen MR) is 73.0 cm³/mol. The van der Waals surface area contributed by atoms with Crippen molar-refractivity contribution in [1.29, 1.82) is 0 Å². The van der Waals surface area contributed by atoms with Crippen molar-refractivity contribution in [3.63, 3.8) is 0 Å². The molecule has 0 fully saturated rings. The van der Waals surface area contributed by atoms with Crippen LogP contribution in [-0.2, 0) is 12.2 Å². The minimum atomic E-state index is -0.0715. The Morgan fingerprint density at radius 1 is 1.50 bits per heavy atom. The number of H-pyrrole nitrogens is 1. The molecule has 0 aliphatic rings. The molecule has 1 aromatic rings. The van der Waals surface area contributed by atoms with Crippen LogP contribution in [0.5, 0.6) is 0 Å². The summed E-state index contributed by atoms with van der Waals surface area (Å²) < 4.78 is 0.577. The topological polar surface area (TPSA) is 45.8 Å². The van der Waals surface area contributed by atoms with E-state index < -0.39 is 0 Å². The Balaban J connectivity index is 2.90. The third kappa shape index (κ3) is 3.94. The van der Waals surface area contributed by atoms with E-state index in [0.29, 0.717) is 9.72 Å². The van der Waals surface area contributed by atoms with Crippen LogP contribution < -0.4 is 5.56 Å². The van der Waals surface area contributed by atoms with Crippen molar-refractivity contribution < 1.29 is 0 Å². The average molecular weight is 305 g/mol. The highest BCUT2D eigenvalue weighted by Gasteiger charge is 2.08. The van der Waals surface area contributed by atoms with Crippen LogP contribution >= 0.6 is 27.7 Å². The Morgan fingerprint density at radius 2 is 2.19 bits per heavy atom. The third-order valence-electron chi connectivity index (χ3n) is 2.02. The summed E-state index contributed by atoms with van der Waals surface area (Å²) in [6, 6.07) is 0. The van der Waals surface area contributed by atoms with E-state index in [4.69, 9.17) is 0 Å². The van der Waals surface area contributed by atoms with Gasteiger partial charge in [0.05, 0.1) is 11.4 Å². The number of aryl methyl sites for hydroxylation is 1. The van der Waals surface area contributed by atoms with E-state index in [1.165, 1.54) is 0 Å². The zero-order valence-corrected chi connectivity index (χ0v) is 12.2. The fraction of sp³-hybridized carbons (Fsp3) is 0.636. The van der Waals surface area contributed by atoms with Crippen molar-refractivity contribution in [2.45, 2.75) is 44.6 Å². The zero-order valence-electron chi connectivity index (χ0n) is 9.84. The molecule has 5 heteroatoms. The third-order valence-corrected chi connectivity index (χ3v) is 3.95. The Bertz CT molecular complexity index is 403. The molecule has 1 N–H and O–H groups in total. The Morgan fingerprint density at radius 3 is 2.75 bits per heavy atom. The van der Waals surface area contributed by atoms with Crippen LogP contribution in [0.1, 0.15) is 38.7 Å². The van der Waals surface area contributed by atoms with Crippen molar-refractivity contribution >= 4 is 27.7 Å². The molecule has 1 heterocycles. The maximum absolute atomic E-state index is 11.6. The molecule has 0 unspecified atom stereocenters. The summed E-state index contributed by atoms with van der Waals surface area (Å²) in [5, 5.41) is 0.545. The van der Waals surface area contributed by atoms with Gasteiger partial charge in [-0.1, -0.05) is 27.2 Å². The lowest BCUT2D eigenvalue weighted by molar-refractivity contribution is 0.835. The van der Waals surface area contributed by atoms with Gasteiger partial charge in [0.2, 0.25) is 0 Å². The molecule has 0 aliphatic carbocycles. The van der Waals surface area contributed by atoms with Crippen molar-refractivity contribution in [2.75, 3.05) is 0 Å². The predicted octanol–water partition coefficient (Wildman–Crippen LogP) is 3.13. The van der Waals surface area contributed by atoms with Gasteiger partial charge in [0.15, 0.2) is 0 Å². The first-order chi connectivity index (χ1) is 7.54. The number of nitrogens with one attached hydrogen (secondary N) is 1. The molecule has 0 atom stereocenters. The van der Waals surface area contributed by atoms with Gasteiger partial charge in [-0.15, -0.1) is 0 Å². The Labute approximate surface area is 109 Å². The molecule has 1 rings (SSSR count). The van der Waals surface area contributed by atoms with Crippen LogP contribution in [-0.4, -0.2) is 15.2 Å². The van der Waals surface area contributed by atoms with E-state index in [1.807, 2.05) is 0 Å². The fourth-order valence-corrected chi connectivity index (χ4v) is 2.29. The number of aromatic amines is 1. The molecule has 0 spiro atoms. The molecule has 0 radical (unpaired) electrons. The van der Waals surface area contributed by atoms with Crippen molar-refractivity contribution in [2.24, 2.45) is 0 Å². The van der Waals surface area contributed by atoms with Gasteiger partial charge in [-0.2, -0.15) is 11.8 Å². The summed E-state index contributed by atoms with van der Waals surface area (Å²) in [5.74, 6) is 1.53. The molecular weight excluding hydrogens is 288 g/mol. The highest BCUT2D eigenvalue weighted by molar-refractivity contribution is 9.10. The maximum atomic E-state index is 11.6. The summed E-state index contributed by atoms with van der Waals surface area (Å²) in [4.78, 5) is 18.9. The Kier molecular flexibility index (Phi) is 5.55. The van der Waals surface area contributed by atoms with E-state index in [9.17, 15) is 4.79 Å². The van der Waals surface area contributed by atoms with E-state index in [0.717, 1.165) is 30.1 Å². The van der Waals surface area contributed by atoms with Crippen molar-refractivity contribution in [1.82, 2.24) is 9.97 Å². The van der Waals surface area contributed by atoms with E-state index in [2.05, 4.69) is 46.7 Å². The number of rotatable bonds is 5. The summed E-state index contributed by atoms with van der Waals surface area (Å²) in [5.41, 5.74) is 0.795. The number of thioether (sulfide) groups is 1. The van der Waals surface area contributed by atoms with Gasteiger partial charge in [-0.25, -0.2) is 4.98 Å². The molecule has 90 valence electrons. The Hall–Kier alpha value is -0.290. The average Bonchev–Trinajstić information content (AvgIpc) is 2.22. The summed E-state index contributed by atoms with van der Waals surface area (Å²) in [6.07, 6.45) is 1.83. The normalized spacial score (nSPS) is 11.1. The van der Waals surface area contributed by atoms with E-state index in [1.54, 1.807) is 11.8 Å². The van der Waals surface area contributed by atoms with Gasteiger partial charge in [0.25, 0.3) is 5.56 Å². The maximum Gasteiger partial charge on any atom is 0.265 e. The second-order valence-electron chi connectivity index (χ2n) is 3.88. The molecule has 1 aromatic heterocycles. The van der Waals surface area contributed by atoms with Gasteiger partial charge in [-0.3, -0.25) is 4.79 Å². The van der Waals surface area contributed by atoms with Crippen LogP contribution in [0.25, 0.3) is 0 Å². The van der Waals surface area contributed by atoms with Gasteiger partial charge >= 0.3 is 0 Å². The molecule has 3 nitrogen and oxygen atoms in total. The first kappa shape index (κ1) is 13.8. The lowest BCUT2D eigenvalue weighted by atomic mass is 10.2. The number of halogens is 1. The van der Waals surface area contributed by atoms with Gasteiger partial charge in [0.1, 0.15) is 10.3 Å². The standard InChI is InChI=1S/C11H17BrN2OS/c1-4-5-8-10(12)11(15)14-9(13-8)6-16-7(2)3/h7H,4-6H2,1-3H3,(H,13,14,15). The van der Waals surface area contributed by atoms with Crippen LogP contribution in [0.4, 0.5) is 0 Å². The molecule has 0 amide bonds. The molecule has 0 aliphatic heterocycles. The van der Waals surface area contributed by atoms with Gasteiger partial charge in [0, 0.05) is 0 Å². The van der Waals surface area contributed by atoms with Gasteiger partial charge < -0.3 is 4.98 Å². The SMILES string of the molecule is CCCc1nc(CSC(C)C)[nH]c(=O)c1Br. The zero-order chi connectivity index (χ0) is 12.1. The monoisotopic (exact) mass is 304 g/mol. The largest absolute Gasteiger partial charge is 0.309 e. The first-order valence-corrected chi connectivity index (χ1v) is 7.28. The molecule has 0 bridgehead atoms. The molecule has 0 saturated heterocycles. The van der Waals surface area contributed by atoms with E-state index in [-0.39, 0.29) is 5.56 Å². The second kappa shape index (κ2) is 6.45. The van der Waals surface area contributed by atoms with Crippen molar-refractivity contribution in [3.05, 3.63) is 26.3 Å². The fourth-order valence-electron chi connectivity index (χ4n) is 1.27. The highest BCUT2D eigenvalue weighted by atomic mass is 79.9. The van der Waals surface area contributed by atoms with Crippen LogP contribution in [0, 0.1) is 0 Å². The van der Waals surface area contributed by atoms with Crippen LogP contribution in [0.2, 0.25) is 0 Å². The molecule has 0 saturated carbocycles. The number of hydrogen-bond acceptors (Lipinski definition) is 3. The quantitative estimate of drug-likeness (QED) is 0.909. The minimum absolute atomic E-state index is 0.0715. The number of hydrogen-bond donors (Lipinski definition) is 1. The smallest absolute Gasteiger partial charge is 0.265 e.